The smallest absolute Gasteiger partial charge is 0.0105 e. The molecule has 0 radical (unpaired) electrons. The molecule has 0 bridgehead atoms. The second kappa shape index (κ2) is 13.7. The molecule has 0 saturated carbocycles. The zero-order valence-electron chi connectivity index (χ0n) is 25.3. The van der Waals surface area contributed by atoms with Crippen LogP contribution in [-0.2, 0) is 0 Å². The minimum absolute atomic E-state index is 1.19. The van der Waals surface area contributed by atoms with Crippen LogP contribution in [0.2, 0.25) is 0 Å². The molecule has 0 aliphatic heterocycles. The van der Waals surface area contributed by atoms with E-state index in [4.69, 9.17) is 0 Å². The molecule has 0 unspecified atom stereocenters. The minimum Gasteiger partial charge on any atom is -0.0622 e. The zero-order valence-corrected chi connectivity index (χ0v) is 25.3. The summed E-state index contributed by atoms with van der Waals surface area (Å²) < 4.78 is 0. The second-order valence-electron chi connectivity index (χ2n) is 11.1. The van der Waals surface area contributed by atoms with Gasteiger partial charge in [0.25, 0.3) is 0 Å². The SMILES string of the molecule is CC(=Cc1ccccc1C=Cc1ccc2ccccc2c1C=Cc1ccccc1C=C(C)c1ccccc1)c1ccccc1. The first-order valence-electron chi connectivity index (χ1n) is 15.2. The van der Waals surface area contributed by atoms with Crippen molar-refractivity contribution >= 4 is 58.4 Å². The van der Waals surface area contributed by atoms with Crippen LogP contribution in [0, 0.1) is 0 Å². The van der Waals surface area contributed by atoms with Gasteiger partial charge in [-0.2, -0.15) is 0 Å². The van der Waals surface area contributed by atoms with Crippen LogP contribution in [0.4, 0.5) is 0 Å². The topological polar surface area (TPSA) is 0 Å². The van der Waals surface area contributed by atoms with E-state index >= 15 is 0 Å². The number of benzene rings is 6. The monoisotopic (exact) mass is 564 g/mol. The fourth-order valence-corrected chi connectivity index (χ4v) is 5.62. The molecule has 0 fully saturated rings. The highest BCUT2D eigenvalue weighted by molar-refractivity contribution is 5.98. The van der Waals surface area contributed by atoms with Crippen molar-refractivity contribution in [3.8, 4) is 0 Å². The summed E-state index contributed by atoms with van der Waals surface area (Å²) in [6, 6.07) is 51.4. The van der Waals surface area contributed by atoms with Gasteiger partial charge in [0.15, 0.2) is 0 Å². The van der Waals surface area contributed by atoms with E-state index in [0.29, 0.717) is 0 Å². The van der Waals surface area contributed by atoms with Crippen molar-refractivity contribution in [3.05, 3.63) is 190 Å². The summed E-state index contributed by atoms with van der Waals surface area (Å²) in [5, 5.41) is 2.48. The summed E-state index contributed by atoms with van der Waals surface area (Å²) in [5.74, 6) is 0. The third-order valence-corrected chi connectivity index (χ3v) is 8.07. The normalized spacial score (nSPS) is 12.4. The first-order valence-corrected chi connectivity index (χ1v) is 15.2. The van der Waals surface area contributed by atoms with Crippen molar-refractivity contribution in [2.45, 2.75) is 13.8 Å². The van der Waals surface area contributed by atoms with Crippen LogP contribution < -0.4 is 0 Å². The molecule has 0 saturated heterocycles. The largest absolute Gasteiger partial charge is 0.0622 e. The Labute approximate surface area is 261 Å². The molecular formula is C44H36. The first kappa shape index (κ1) is 28.6. The van der Waals surface area contributed by atoms with Gasteiger partial charge in [-0.05, 0) is 80.3 Å². The lowest BCUT2D eigenvalue weighted by atomic mass is 9.95. The standard InChI is InChI=1S/C44H36/c1-33(35-15-5-3-6-16-35)31-41-22-11-9-19-37(41)25-26-40-28-27-39-21-13-14-24-43(39)44(40)30-29-38-20-10-12-23-42(38)32-34(2)36-17-7-4-8-18-36/h3-32H,1-2H3. The predicted octanol–water partition coefficient (Wildman–Crippen LogP) is 12.3. The Bertz CT molecular complexity index is 2000. The van der Waals surface area contributed by atoms with E-state index in [0.717, 1.165) is 0 Å². The van der Waals surface area contributed by atoms with Gasteiger partial charge in [-0.15, -0.1) is 0 Å². The van der Waals surface area contributed by atoms with Crippen molar-refractivity contribution in [2.24, 2.45) is 0 Å². The highest BCUT2D eigenvalue weighted by Crippen LogP contribution is 2.29. The molecule has 0 nitrogen and oxygen atoms in total. The minimum atomic E-state index is 1.19. The molecule has 0 atom stereocenters. The van der Waals surface area contributed by atoms with E-state index in [1.807, 2.05) is 0 Å². The van der Waals surface area contributed by atoms with Crippen LogP contribution in [-0.4, -0.2) is 0 Å². The number of fused-ring (bicyclic) bond motifs is 1. The second-order valence-corrected chi connectivity index (χ2v) is 11.1. The summed E-state index contributed by atoms with van der Waals surface area (Å²) in [5.41, 5.74) is 12.2. The highest BCUT2D eigenvalue weighted by Gasteiger charge is 2.06. The van der Waals surface area contributed by atoms with Crippen molar-refractivity contribution in [2.75, 3.05) is 0 Å². The summed E-state index contributed by atoms with van der Waals surface area (Å²) >= 11 is 0. The van der Waals surface area contributed by atoms with E-state index in [2.05, 4.69) is 196 Å². The van der Waals surface area contributed by atoms with E-state index in [1.54, 1.807) is 0 Å². The van der Waals surface area contributed by atoms with Crippen molar-refractivity contribution < 1.29 is 0 Å². The van der Waals surface area contributed by atoms with Gasteiger partial charge in [0.2, 0.25) is 0 Å². The molecule has 0 heteroatoms. The number of hydrogen-bond donors (Lipinski definition) is 0. The maximum absolute atomic E-state index is 2.28. The van der Waals surface area contributed by atoms with Crippen LogP contribution in [0.5, 0.6) is 0 Å². The van der Waals surface area contributed by atoms with Crippen LogP contribution >= 0.6 is 0 Å². The Hall–Kier alpha value is -5.46. The zero-order chi connectivity index (χ0) is 30.1. The average molecular weight is 565 g/mol. The highest BCUT2D eigenvalue weighted by atomic mass is 14.1. The maximum atomic E-state index is 2.28. The van der Waals surface area contributed by atoms with Crippen LogP contribution in [0.25, 0.3) is 58.4 Å². The van der Waals surface area contributed by atoms with Gasteiger partial charge in [-0.3, -0.25) is 0 Å². The Morgan fingerprint density at radius 2 is 0.795 bits per heavy atom. The molecule has 6 rings (SSSR count). The summed E-state index contributed by atoms with van der Waals surface area (Å²) in [6.07, 6.45) is 13.6. The van der Waals surface area contributed by atoms with Gasteiger partial charge in [0.05, 0.1) is 0 Å². The summed E-state index contributed by atoms with van der Waals surface area (Å²) in [6.45, 7) is 4.36. The molecule has 0 aliphatic rings. The summed E-state index contributed by atoms with van der Waals surface area (Å²) in [4.78, 5) is 0. The Kier molecular flexibility index (Phi) is 8.90. The third kappa shape index (κ3) is 6.77. The molecule has 6 aromatic rings. The third-order valence-electron chi connectivity index (χ3n) is 8.07. The lowest BCUT2D eigenvalue weighted by Gasteiger charge is -2.09. The van der Waals surface area contributed by atoms with Gasteiger partial charge in [0.1, 0.15) is 0 Å². The molecule has 0 amide bonds. The molecule has 0 aromatic heterocycles. The molecular weight excluding hydrogens is 528 g/mol. The van der Waals surface area contributed by atoms with E-state index in [9.17, 15) is 0 Å². The van der Waals surface area contributed by atoms with Crippen molar-refractivity contribution in [1.29, 1.82) is 0 Å². The summed E-state index contributed by atoms with van der Waals surface area (Å²) in [7, 11) is 0. The predicted molar refractivity (Wildman–Crippen MR) is 195 cm³/mol. The van der Waals surface area contributed by atoms with E-state index in [-0.39, 0.29) is 0 Å². The molecule has 0 aliphatic carbocycles. The maximum Gasteiger partial charge on any atom is -0.0105 e. The number of hydrogen-bond acceptors (Lipinski definition) is 0. The van der Waals surface area contributed by atoms with Crippen LogP contribution in [0.15, 0.2) is 146 Å². The van der Waals surface area contributed by atoms with E-state index < -0.39 is 0 Å². The Morgan fingerprint density at radius 1 is 0.364 bits per heavy atom. The van der Waals surface area contributed by atoms with Crippen LogP contribution in [0.3, 0.4) is 0 Å². The van der Waals surface area contributed by atoms with E-state index in [1.165, 1.54) is 66.4 Å². The Morgan fingerprint density at radius 3 is 1.36 bits per heavy atom. The number of allylic oxidation sites excluding steroid dienone is 2. The molecule has 0 N–H and O–H groups in total. The van der Waals surface area contributed by atoms with Gasteiger partial charge < -0.3 is 0 Å². The molecule has 44 heavy (non-hydrogen) atoms. The van der Waals surface area contributed by atoms with Crippen molar-refractivity contribution in [1.82, 2.24) is 0 Å². The molecule has 0 heterocycles. The fourth-order valence-electron chi connectivity index (χ4n) is 5.62. The Balaban J connectivity index is 1.37. The molecule has 6 aromatic carbocycles. The van der Waals surface area contributed by atoms with Crippen molar-refractivity contribution in [3.63, 3.8) is 0 Å². The first-order chi connectivity index (χ1) is 21.7. The van der Waals surface area contributed by atoms with Gasteiger partial charge >= 0.3 is 0 Å². The van der Waals surface area contributed by atoms with Gasteiger partial charge in [-0.25, -0.2) is 0 Å². The van der Waals surface area contributed by atoms with Gasteiger partial charge in [0, 0.05) is 0 Å². The lowest BCUT2D eigenvalue weighted by molar-refractivity contribution is 1.56. The average Bonchev–Trinajstić information content (AvgIpc) is 3.08. The van der Waals surface area contributed by atoms with Gasteiger partial charge in [-0.1, -0.05) is 182 Å². The number of rotatable bonds is 8. The fraction of sp³-hybridized carbons (Fsp3) is 0.0455. The molecule has 0 spiro atoms. The quantitative estimate of drug-likeness (QED) is 0.161. The lowest BCUT2D eigenvalue weighted by Crippen LogP contribution is -1.87. The molecule has 212 valence electrons. The van der Waals surface area contributed by atoms with Crippen LogP contribution in [0.1, 0.15) is 58.4 Å².